The van der Waals surface area contributed by atoms with Crippen LogP contribution in [0.1, 0.15) is 61.8 Å². The van der Waals surface area contributed by atoms with Crippen LogP contribution in [0.2, 0.25) is 0 Å². The summed E-state index contributed by atoms with van der Waals surface area (Å²) in [7, 11) is -8.11. The fraction of sp³-hybridized carbons (Fsp3) is 0.333. The summed E-state index contributed by atoms with van der Waals surface area (Å²) in [6.07, 6.45) is 1.16. The molecule has 0 aliphatic heterocycles. The number of sulfone groups is 1. The molecule has 35 heavy (non-hydrogen) atoms. The van der Waals surface area contributed by atoms with Gasteiger partial charge in [-0.05, 0) is 77.3 Å². The van der Waals surface area contributed by atoms with Gasteiger partial charge in [0, 0.05) is 6.04 Å². The van der Waals surface area contributed by atoms with Gasteiger partial charge in [-0.25, -0.2) is 25.9 Å². The van der Waals surface area contributed by atoms with Gasteiger partial charge in [0.25, 0.3) is 0 Å². The van der Waals surface area contributed by atoms with Gasteiger partial charge in [-0.2, -0.15) is 0 Å². The number of benzene rings is 3. The maximum Gasteiger partial charge on any atom is 0.241 e. The van der Waals surface area contributed by atoms with Crippen LogP contribution in [0.5, 0.6) is 0 Å². The molecular weight excluding hydrogens is 485 g/mol. The molecule has 1 aliphatic rings. The van der Waals surface area contributed by atoms with E-state index in [1.165, 1.54) is 18.2 Å². The van der Waals surface area contributed by atoms with Crippen LogP contribution >= 0.6 is 0 Å². The van der Waals surface area contributed by atoms with Gasteiger partial charge >= 0.3 is 0 Å². The van der Waals surface area contributed by atoms with Gasteiger partial charge in [0.05, 0.1) is 14.7 Å². The highest BCUT2D eigenvalue weighted by molar-refractivity contribution is 7.91. The van der Waals surface area contributed by atoms with Gasteiger partial charge < -0.3 is 0 Å². The van der Waals surface area contributed by atoms with E-state index in [0.717, 1.165) is 23.3 Å². The van der Waals surface area contributed by atoms with Crippen LogP contribution in [0.15, 0.2) is 75.4 Å². The largest absolute Gasteiger partial charge is 0.241 e. The topological polar surface area (TPSA) is 80.3 Å². The Morgan fingerprint density at radius 1 is 0.771 bits per heavy atom. The fourth-order valence-electron chi connectivity index (χ4n) is 4.63. The maximum absolute atomic E-state index is 13.7. The van der Waals surface area contributed by atoms with Gasteiger partial charge in [0.1, 0.15) is 5.82 Å². The summed E-state index contributed by atoms with van der Waals surface area (Å²) in [6, 6.07) is 15.1. The summed E-state index contributed by atoms with van der Waals surface area (Å²) in [6.45, 7) is 7.51. The van der Waals surface area contributed by atoms with Crippen molar-refractivity contribution in [3.63, 3.8) is 0 Å². The summed E-state index contributed by atoms with van der Waals surface area (Å²) in [5, 5.41) is 0. The van der Waals surface area contributed by atoms with Gasteiger partial charge in [0.2, 0.25) is 19.9 Å². The van der Waals surface area contributed by atoms with E-state index in [9.17, 15) is 21.2 Å². The number of sulfonamides is 1. The zero-order valence-corrected chi connectivity index (χ0v) is 21.9. The Morgan fingerprint density at radius 3 is 1.80 bits per heavy atom. The Kier molecular flexibility index (Phi) is 6.92. The van der Waals surface area contributed by atoms with Crippen LogP contribution in [0.25, 0.3) is 0 Å². The average molecular weight is 516 g/mol. The monoisotopic (exact) mass is 515 g/mol. The van der Waals surface area contributed by atoms with Crippen molar-refractivity contribution in [1.82, 2.24) is 4.72 Å². The lowest BCUT2D eigenvalue weighted by molar-refractivity contribution is 0.553. The molecule has 0 saturated heterocycles. The van der Waals surface area contributed by atoms with E-state index in [1.54, 1.807) is 6.07 Å². The number of rotatable bonds is 7. The molecule has 3 aromatic rings. The van der Waals surface area contributed by atoms with Gasteiger partial charge in [0.15, 0.2) is 0 Å². The van der Waals surface area contributed by atoms with Crippen molar-refractivity contribution >= 4 is 19.9 Å². The minimum absolute atomic E-state index is 0.0338. The highest BCUT2D eigenvalue weighted by Crippen LogP contribution is 2.36. The third-order valence-corrected chi connectivity index (χ3v) is 9.86. The molecule has 0 amide bonds. The summed E-state index contributed by atoms with van der Waals surface area (Å²) in [4.78, 5) is -0.187. The first-order valence-electron chi connectivity index (χ1n) is 11.7. The molecule has 0 bridgehead atoms. The van der Waals surface area contributed by atoms with Crippen molar-refractivity contribution in [3.8, 4) is 0 Å². The Bertz CT molecular complexity index is 1440. The van der Waals surface area contributed by atoms with Crippen molar-refractivity contribution in [3.05, 3.63) is 88.7 Å². The molecule has 0 heterocycles. The smallest absolute Gasteiger partial charge is 0.219 e. The van der Waals surface area contributed by atoms with Gasteiger partial charge in [-0.15, -0.1) is 0 Å². The maximum atomic E-state index is 13.7. The summed E-state index contributed by atoms with van der Waals surface area (Å²) in [5.74, 6) is -0.873. The molecule has 0 spiro atoms. The van der Waals surface area contributed by atoms with Crippen molar-refractivity contribution < 1.29 is 21.2 Å². The second-order valence-corrected chi connectivity index (χ2v) is 13.3. The van der Waals surface area contributed by atoms with E-state index in [2.05, 4.69) is 4.72 Å². The number of fused-ring (bicyclic) bond motifs is 1. The van der Waals surface area contributed by atoms with Crippen LogP contribution in [0, 0.1) is 5.82 Å². The fourth-order valence-corrected chi connectivity index (χ4v) is 7.94. The number of hydrogen-bond acceptors (Lipinski definition) is 4. The summed E-state index contributed by atoms with van der Waals surface area (Å²) < 4.78 is 70.7. The molecule has 1 N–H and O–H groups in total. The molecule has 1 aliphatic carbocycles. The number of hydrogen-bond donors (Lipinski definition) is 1. The Hall–Kier alpha value is -2.55. The van der Waals surface area contributed by atoms with Crippen LogP contribution in [0.3, 0.4) is 0 Å². The zero-order chi connectivity index (χ0) is 25.5. The van der Waals surface area contributed by atoms with Crippen LogP contribution < -0.4 is 4.72 Å². The van der Waals surface area contributed by atoms with E-state index in [1.807, 2.05) is 52.0 Å². The highest BCUT2D eigenvalue weighted by Gasteiger charge is 2.32. The number of halogens is 1. The van der Waals surface area contributed by atoms with Crippen LogP contribution in [-0.4, -0.2) is 22.9 Å². The third-order valence-electron chi connectivity index (χ3n) is 6.46. The normalized spacial score (nSPS) is 14.6. The van der Waals surface area contributed by atoms with Crippen molar-refractivity contribution in [1.29, 1.82) is 0 Å². The summed E-state index contributed by atoms with van der Waals surface area (Å²) >= 11 is 0. The molecule has 0 aromatic heterocycles. The third kappa shape index (κ3) is 5.06. The zero-order valence-electron chi connectivity index (χ0n) is 20.2. The van der Waals surface area contributed by atoms with Crippen molar-refractivity contribution in [2.75, 3.05) is 0 Å². The second-order valence-electron chi connectivity index (χ2n) is 9.69. The molecule has 0 fully saturated rings. The summed E-state index contributed by atoms with van der Waals surface area (Å²) in [5.41, 5.74) is 3.32. The first kappa shape index (κ1) is 25.5. The molecule has 4 rings (SSSR count). The molecule has 0 atom stereocenters. The first-order valence-corrected chi connectivity index (χ1v) is 14.6. The lowest BCUT2D eigenvalue weighted by Crippen LogP contribution is -2.36. The lowest BCUT2D eigenvalue weighted by Gasteiger charge is -2.22. The molecule has 0 radical (unpaired) electrons. The molecule has 5 nitrogen and oxygen atoms in total. The standard InChI is InChI=1S/C27H30FNO4S2/c1-17(2)24-15-25(18(3)4)27(16-26(24)34(30,31)23-11-9-21(28)10-12-23)35(32,33)29-22-13-19-7-5-6-8-20(19)14-22/h5-12,15-18,22,29H,13-14H2,1-4H3. The molecule has 186 valence electrons. The predicted molar refractivity (Wildman–Crippen MR) is 134 cm³/mol. The number of nitrogens with one attached hydrogen (secondary N) is 1. The van der Waals surface area contributed by atoms with Crippen LogP contribution in [-0.2, 0) is 32.7 Å². The average Bonchev–Trinajstić information content (AvgIpc) is 3.19. The minimum Gasteiger partial charge on any atom is -0.219 e. The van der Waals surface area contributed by atoms with E-state index in [4.69, 9.17) is 0 Å². The second kappa shape index (κ2) is 9.48. The van der Waals surface area contributed by atoms with Crippen molar-refractivity contribution in [2.45, 2.75) is 73.1 Å². The van der Waals surface area contributed by atoms with E-state index < -0.39 is 25.7 Å². The van der Waals surface area contributed by atoms with E-state index in [-0.39, 0.29) is 32.6 Å². The lowest BCUT2D eigenvalue weighted by atomic mass is 9.95. The molecule has 0 unspecified atom stereocenters. The SMILES string of the molecule is CC(C)c1cc(C(C)C)c(S(=O)(=O)c2ccc(F)cc2)cc1S(=O)(=O)NC1Cc2ccccc2C1. The Labute approximate surface area is 207 Å². The highest BCUT2D eigenvalue weighted by atomic mass is 32.2. The van der Waals surface area contributed by atoms with Crippen molar-refractivity contribution in [2.24, 2.45) is 0 Å². The Balaban J connectivity index is 1.83. The quantitative estimate of drug-likeness (QED) is 0.430. The molecule has 0 saturated carbocycles. The van der Waals surface area contributed by atoms with Gasteiger partial charge in [-0.1, -0.05) is 58.0 Å². The molecule has 8 heteroatoms. The first-order chi connectivity index (χ1) is 16.4. The minimum atomic E-state index is -4.09. The van der Waals surface area contributed by atoms with Gasteiger partial charge in [-0.3, -0.25) is 0 Å². The molecule has 3 aromatic carbocycles. The predicted octanol–water partition coefficient (Wildman–Crippen LogP) is 5.35. The van der Waals surface area contributed by atoms with Crippen LogP contribution in [0.4, 0.5) is 4.39 Å². The van der Waals surface area contributed by atoms with E-state index in [0.29, 0.717) is 24.0 Å². The molecular formula is C27H30FNO4S2. The van der Waals surface area contributed by atoms with E-state index >= 15 is 0 Å². The Morgan fingerprint density at radius 2 is 1.29 bits per heavy atom.